The van der Waals surface area contributed by atoms with Crippen molar-refractivity contribution >= 4 is 33.5 Å². The standard InChI is InChI=1S/C18H17BrFNO3/c1-12-2-8-16(15(19)10-12)21-17(22)11-24-18(23)9-5-13-3-6-14(20)7-4-13/h2-4,6-8,10H,5,9,11H2,1H3,(H,21,22). The van der Waals surface area contributed by atoms with Crippen LogP contribution in [0.1, 0.15) is 17.5 Å². The third kappa shape index (κ3) is 5.77. The van der Waals surface area contributed by atoms with Crippen LogP contribution >= 0.6 is 15.9 Å². The number of aryl methyl sites for hydroxylation is 2. The molecule has 0 fully saturated rings. The van der Waals surface area contributed by atoms with Crippen LogP contribution in [-0.2, 0) is 20.7 Å². The van der Waals surface area contributed by atoms with Gasteiger partial charge in [-0.25, -0.2) is 4.39 Å². The Kier molecular flexibility index (Phi) is 6.49. The van der Waals surface area contributed by atoms with Crippen molar-refractivity contribution in [3.8, 4) is 0 Å². The molecule has 4 nitrogen and oxygen atoms in total. The Morgan fingerprint density at radius 3 is 2.54 bits per heavy atom. The molecule has 2 aromatic carbocycles. The van der Waals surface area contributed by atoms with Crippen molar-refractivity contribution in [2.45, 2.75) is 19.8 Å². The number of amides is 1. The van der Waals surface area contributed by atoms with E-state index < -0.39 is 11.9 Å². The van der Waals surface area contributed by atoms with Gasteiger partial charge in [-0.05, 0) is 64.7 Å². The van der Waals surface area contributed by atoms with E-state index in [0.29, 0.717) is 12.1 Å². The summed E-state index contributed by atoms with van der Waals surface area (Å²) in [5.41, 5.74) is 2.52. The van der Waals surface area contributed by atoms with E-state index >= 15 is 0 Å². The number of esters is 1. The average Bonchev–Trinajstić information content (AvgIpc) is 2.55. The highest BCUT2D eigenvalue weighted by Crippen LogP contribution is 2.23. The van der Waals surface area contributed by atoms with Gasteiger partial charge in [-0.15, -0.1) is 0 Å². The van der Waals surface area contributed by atoms with Crippen molar-refractivity contribution in [3.05, 3.63) is 63.9 Å². The predicted octanol–water partition coefficient (Wildman–Crippen LogP) is 4.01. The highest BCUT2D eigenvalue weighted by molar-refractivity contribution is 9.10. The van der Waals surface area contributed by atoms with Crippen molar-refractivity contribution in [3.63, 3.8) is 0 Å². The molecular formula is C18H17BrFNO3. The first kappa shape index (κ1) is 18.1. The molecule has 126 valence electrons. The zero-order valence-electron chi connectivity index (χ0n) is 13.1. The van der Waals surface area contributed by atoms with Crippen LogP contribution in [0, 0.1) is 12.7 Å². The minimum atomic E-state index is -0.475. The molecule has 0 atom stereocenters. The van der Waals surface area contributed by atoms with E-state index in [1.807, 2.05) is 19.1 Å². The second kappa shape index (κ2) is 8.59. The van der Waals surface area contributed by atoms with Crippen molar-refractivity contribution in [2.75, 3.05) is 11.9 Å². The number of carbonyl (C=O) groups excluding carboxylic acids is 2. The molecule has 6 heteroatoms. The van der Waals surface area contributed by atoms with E-state index in [0.717, 1.165) is 15.6 Å². The number of carbonyl (C=O) groups is 2. The molecule has 0 saturated carbocycles. The van der Waals surface area contributed by atoms with Gasteiger partial charge in [-0.2, -0.15) is 0 Å². The maximum Gasteiger partial charge on any atom is 0.306 e. The first-order chi connectivity index (χ1) is 11.4. The maximum absolute atomic E-state index is 12.8. The summed E-state index contributed by atoms with van der Waals surface area (Å²) in [6.07, 6.45) is 0.567. The minimum Gasteiger partial charge on any atom is -0.456 e. The molecule has 0 bridgehead atoms. The smallest absolute Gasteiger partial charge is 0.306 e. The van der Waals surface area contributed by atoms with Gasteiger partial charge in [-0.3, -0.25) is 9.59 Å². The van der Waals surface area contributed by atoms with Crippen LogP contribution in [-0.4, -0.2) is 18.5 Å². The van der Waals surface area contributed by atoms with Gasteiger partial charge in [0.1, 0.15) is 5.82 Å². The Labute approximate surface area is 148 Å². The van der Waals surface area contributed by atoms with Crippen LogP contribution in [0.2, 0.25) is 0 Å². The summed E-state index contributed by atoms with van der Waals surface area (Å²) >= 11 is 3.36. The lowest BCUT2D eigenvalue weighted by molar-refractivity contribution is -0.147. The lowest BCUT2D eigenvalue weighted by Crippen LogP contribution is -2.21. The molecule has 0 spiro atoms. The number of benzene rings is 2. The molecule has 1 amide bonds. The summed E-state index contributed by atoms with van der Waals surface area (Å²) in [7, 11) is 0. The monoisotopic (exact) mass is 393 g/mol. The van der Waals surface area contributed by atoms with E-state index in [-0.39, 0.29) is 18.8 Å². The number of ether oxygens (including phenoxy) is 1. The Morgan fingerprint density at radius 2 is 1.88 bits per heavy atom. The van der Waals surface area contributed by atoms with Gasteiger partial charge >= 0.3 is 5.97 Å². The number of hydrogen-bond donors (Lipinski definition) is 1. The zero-order valence-corrected chi connectivity index (χ0v) is 14.7. The summed E-state index contributed by atoms with van der Waals surface area (Å²) in [5, 5.41) is 2.67. The Balaban J connectivity index is 1.74. The second-order valence-electron chi connectivity index (χ2n) is 5.32. The van der Waals surface area contributed by atoms with E-state index in [1.54, 1.807) is 18.2 Å². The number of halogens is 2. The Hall–Kier alpha value is -2.21. The number of rotatable bonds is 6. The fourth-order valence-electron chi connectivity index (χ4n) is 2.02. The van der Waals surface area contributed by atoms with Crippen molar-refractivity contribution in [2.24, 2.45) is 0 Å². The molecule has 24 heavy (non-hydrogen) atoms. The SMILES string of the molecule is Cc1ccc(NC(=O)COC(=O)CCc2ccc(F)cc2)c(Br)c1. The fourth-order valence-corrected chi connectivity index (χ4v) is 2.62. The molecule has 0 aromatic heterocycles. The molecule has 0 aliphatic heterocycles. The Bertz CT molecular complexity index is 732. The van der Waals surface area contributed by atoms with Crippen LogP contribution in [0.5, 0.6) is 0 Å². The number of hydrogen-bond acceptors (Lipinski definition) is 3. The molecule has 0 saturated heterocycles. The largest absolute Gasteiger partial charge is 0.456 e. The van der Waals surface area contributed by atoms with Crippen molar-refractivity contribution in [1.29, 1.82) is 0 Å². The van der Waals surface area contributed by atoms with Crippen molar-refractivity contribution < 1.29 is 18.7 Å². The van der Waals surface area contributed by atoms with Gasteiger partial charge in [0.05, 0.1) is 5.69 Å². The summed E-state index contributed by atoms with van der Waals surface area (Å²) < 4.78 is 18.5. The summed E-state index contributed by atoms with van der Waals surface area (Å²) in [5.74, 6) is -1.20. The van der Waals surface area contributed by atoms with Gasteiger partial charge in [0, 0.05) is 10.9 Å². The fraction of sp³-hybridized carbons (Fsp3) is 0.222. The molecule has 0 aliphatic carbocycles. The molecule has 0 aliphatic rings. The summed E-state index contributed by atoms with van der Waals surface area (Å²) in [6.45, 7) is 1.60. The van der Waals surface area contributed by atoms with Gasteiger partial charge < -0.3 is 10.1 Å². The van der Waals surface area contributed by atoms with Crippen molar-refractivity contribution in [1.82, 2.24) is 0 Å². The summed E-state index contributed by atoms with van der Waals surface area (Å²) in [6, 6.07) is 11.4. The van der Waals surface area contributed by atoms with Crippen LogP contribution in [0.25, 0.3) is 0 Å². The molecule has 0 unspecified atom stereocenters. The topological polar surface area (TPSA) is 55.4 Å². The first-order valence-electron chi connectivity index (χ1n) is 7.40. The minimum absolute atomic E-state index is 0.132. The lowest BCUT2D eigenvalue weighted by Gasteiger charge is -2.09. The van der Waals surface area contributed by atoms with E-state index in [2.05, 4.69) is 21.2 Å². The number of nitrogens with one attached hydrogen (secondary N) is 1. The average molecular weight is 394 g/mol. The van der Waals surface area contributed by atoms with Gasteiger partial charge in [-0.1, -0.05) is 18.2 Å². The molecule has 0 radical (unpaired) electrons. The third-order valence-corrected chi connectivity index (χ3v) is 3.95. The van der Waals surface area contributed by atoms with Gasteiger partial charge in [0.2, 0.25) is 0 Å². The summed E-state index contributed by atoms with van der Waals surface area (Å²) in [4.78, 5) is 23.5. The molecule has 1 N–H and O–H groups in total. The maximum atomic E-state index is 12.8. The number of anilines is 1. The van der Waals surface area contributed by atoms with Crippen LogP contribution in [0.3, 0.4) is 0 Å². The quantitative estimate of drug-likeness (QED) is 0.754. The highest BCUT2D eigenvalue weighted by Gasteiger charge is 2.10. The van der Waals surface area contributed by atoms with E-state index in [1.165, 1.54) is 12.1 Å². The van der Waals surface area contributed by atoms with Crippen LogP contribution < -0.4 is 5.32 Å². The molecule has 0 heterocycles. The first-order valence-corrected chi connectivity index (χ1v) is 8.19. The highest BCUT2D eigenvalue weighted by atomic mass is 79.9. The lowest BCUT2D eigenvalue weighted by atomic mass is 10.1. The van der Waals surface area contributed by atoms with E-state index in [4.69, 9.17) is 4.74 Å². The second-order valence-corrected chi connectivity index (χ2v) is 6.17. The van der Waals surface area contributed by atoms with Crippen LogP contribution in [0.4, 0.5) is 10.1 Å². The van der Waals surface area contributed by atoms with Gasteiger partial charge in [0.15, 0.2) is 6.61 Å². The zero-order chi connectivity index (χ0) is 17.5. The predicted molar refractivity (Wildman–Crippen MR) is 93.2 cm³/mol. The van der Waals surface area contributed by atoms with Crippen LogP contribution in [0.15, 0.2) is 46.9 Å². The Morgan fingerprint density at radius 1 is 1.17 bits per heavy atom. The van der Waals surface area contributed by atoms with Gasteiger partial charge in [0.25, 0.3) is 5.91 Å². The molecule has 2 aromatic rings. The van der Waals surface area contributed by atoms with E-state index in [9.17, 15) is 14.0 Å². The molecular weight excluding hydrogens is 377 g/mol. The third-order valence-electron chi connectivity index (χ3n) is 3.29. The molecule has 2 rings (SSSR count). The normalized spacial score (nSPS) is 10.3.